The van der Waals surface area contributed by atoms with Gasteiger partial charge in [-0.1, -0.05) is 18.2 Å². The monoisotopic (exact) mass is 246 g/mol. The first-order valence-corrected chi connectivity index (χ1v) is 5.59. The first-order valence-electron chi connectivity index (χ1n) is 5.59. The number of esters is 1. The van der Waals surface area contributed by atoms with Crippen LogP contribution in [-0.2, 0) is 9.53 Å². The lowest BCUT2D eigenvalue weighted by molar-refractivity contribution is -0.153. The molecule has 0 unspecified atom stereocenters. The largest absolute Gasteiger partial charge is 0.466 e. The minimum atomic E-state index is -1.61. The van der Waals surface area contributed by atoms with Gasteiger partial charge < -0.3 is 9.47 Å². The standard InChI is InChI=1S/C14H14O4/c1-4-8-14(13(16)17-3)12(15)10-7-5-6-9(2)11(10)18-14/h4-7H,1,8H2,2-3H3/t14-/m1/s1. The van der Waals surface area contributed by atoms with E-state index >= 15 is 0 Å². The molecule has 4 heteroatoms. The van der Waals surface area contributed by atoms with Crippen LogP contribution in [0.25, 0.3) is 0 Å². The zero-order valence-electron chi connectivity index (χ0n) is 10.4. The second kappa shape index (κ2) is 4.29. The highest BCUT2D eigenvalue weighted by molar-refractivity contribution is 6.19. The van der Waals surface area contributed by atoms with Crippen molar-refractivity contribution < 1.29 is 19.1 Å². The molecule has 0 saturated heterocycles. The van der Waals surface area contributed by atoms with Gasteiger partial charge >= 0.3 is 5.97 Å². The molecular weight excluding hydrogens is 232 g/mol. The third-order valence-corrected chi connectivity index (χ3v) is 3.05. The fourth-order valence-electron chi connectivity index (χ4n) is 2.13. The number of hydrogen-bond acceptors (Lipinski definition) is 4. The van der Waals surface area contributed by atoms with Crippen LogP contribution in [0.2, 0.25) is 0 Å². The fourth-order valence-corrected chi connectivity index (χ4v) is 2.13. The Morgan fingerprint density at radius 3 is 2.83 bits per heavy atom. The van der Waals surface area contributed by atoms with Gasteiger partial charge in [-0.2, -0.15) is 0 Å². The van der Waals surface area contributed by atoms with Crippen LogP contribution in [0.15, 0.2) is 30.9 Å². The van der Waals surface area contributed by atoms with Crippen LogP contribution in [0.3, 0.4) is 0 Å². The third kappa shape index (κ3) is 1.53. The zero-order chi connectivity index (χ0) is 13.3. The number of carbonyl (C=O) groups excluding carboxylic acids is 2. The maximum Gasteiger partial charge on any atom is 0.358 e. The predicted molar refractivity (Wildman–Crippen MR) is 65.7 cm³/mol. The van der Waals surface area contributed by atoms with Crippen LogP contribution in [0, 0.1) is 6.92 Å². The van der Waals surface area contributed by atoms with Crippen molar-refractivity contribution in [3.8, 4) is 5.75 Å². The van der Waals surface area contributed by atoms with Crippen molar-refractivity contribution in [2.75, 3.05) is 7.11 Å². The highest BCUT2D eigenvalue weighted by atomic mass is 16.6. The number of carbonyl (C=O) groups is 2. The van der Waals surface area contributed by atoms with Crippen molar-refractivity contribution in [2.45, 2.75) is 18.9 Å². The molecule has 0 spiro atoms. The van der Waals surface area contributed by atoms with E-state index in [1.54, 1.807) is 12.1 Å². The molecule has 18 heavy (non-hydrogen) atoms. The number of benzene rings is 1. The molecule has 0 bridgehead atoms. The van der Waals surface area contributed by atoms with Gasteiger partial charge in [-0.15, -0.1) is 6.58 Å². The highest BCUT2D eigenvalue weighted by Gasteiger charge is 2.54. The normalized spacial score (nSPS) is 21.1. The minimum absolute atomic E-state index is 0.0899. The number of aryl methyl sites for hydroxylation is 1. The Kier molecular flexibility index (Phi) is 2.95. The topological polar surface area (TPSA) is 52.6 Å². The molecule has 0 fully saturated rings. The average Bonchev–Trinajstić information content (AvgIpc) is 2.66. The summed E-state index contributed by atoms with van der Waals surface area (Å²) in [6.07, 6.45) is 1.57. The smallest absolute Gasteiger partial charge is 0.358 e. The van der Waals surface area contributed by atoms with E-state index in [9.17, 15) is 9.59 Å². The summed E-state index contributed by atoms with van der Waals surface area (Å²) in [5.41, 5.74) is -0.372. The van der Waals surface area contributed by atoms with Crippen molar-refractivity contribution in [2.24, 2.45) is 0 Å². The fraction of sp³-hybridized carbons (Fsp3) is 0.286. The lowest BCUT2D eigenvalue weighted by Crippen LogP contribution is -2.48. The van der Waals surface area contributed by atoms with E-state index in [0.29, 0.717) is 11.3 Å². The van der Waals surface area contributed by atoms with Crippen LogP contribution in [0.1, 0.15) is 22.3 Å². The molecule has 0 N–H and O–H groups in total. The van der Waals surface area contributed by atoms with Gasteiger partial charge in [0, 0.05) is 6.42 Å². The van der Waals surface area contributed by atoms with Crippen LogP contribution < -0.4 is 4.74 Å². The van der Waals surface area contributed by atoms with E-state index in [4.69, 9.17) is 9.47 Å². The van der Waals surface area contributed by atoms with E-state index < -0.39 is 11.6 Å². The SMILES string of the molecule is C=CC[C@@]1(C(=O)OC)Oc2c(C)cccc2C1=O. The molecule has 0 radical (unpaired) electrons. The average molecular weight is 246 g/mol. The number of rotatable bonds is 3. The summed E-state index contributed by atoms with van der Waals surface area (Å²) >= 11 is 0. The van der Waals surface area contributed by atoms with Crippen molar-refractivity contribution in [1.29, 1.82) is 0 Å². The minimum Gasteiger partial charge on any atom is -0.466 e. The number of para-hydroxylation sites is 1. The van der Waals surface area contributed by atoms with Crippen molar-refractivity contribution in [3.63, 3.8) is 0 Å². The molecule has 94 valence electrons. The Balaban J connectivity index is 2.56. The highest BCUT2D eigenvalue weighted by Crippen LogP contribution is 2.40. The maximum absolute atomic E-state index is 12.4. The number of Topliss-reactive ketones (excluding diaryl/α,β-unsaturated/α-hetero) is 1. The molecule has 1 aromatic rings. The molecule has 1 heterocycles. The summed E-state index contributed by atoms with van der Waals surface area (Å²) in [6.45, 7) is 5.39. The van der Waals surface area contributed by atoms with E-state index in [2.05, 4.69) is 6.58 Å². The van der Waals surface area contributed by atoms with Gasteiger partial charge in [-0.05, 0) is 18.6 Å². The molecule has 0 aliphatic carbocycles. The van der Waals surface area contributed by atoms with Crippen LogP contribution >= 0.6 is 0 Å². The van der Waals surface area contributed by atoms with E-state index in [1.165, 1.54) is 13.2 Å². The first kappa shape index (κ1) is 12.4. The Morgan fingerprint density at radius 1 is 1.56 bits per heavy atom. The summed E-state index contributed by atoms with van der Waals surface area (Å²) in [5, 5.41) is 0. The van der Waals surface area contributed by atoms with Gasteiger partial charge in [0.25, 0.3) is 5.60 Å². The Bertz CT molecular complexity index is 533. The summed E-state index contributed by atoms with van der Waals surface area (Å²) in [7, 11) is 1.24. The molecule has 1 aliphatic heterocycles. The molecule has 0 amide bonds. The van der Waals surface area contributed by atoms with Gasteiger partial charge in [0.2, 0.25) is 5.78 Å². The number of ether oxygens (including phenoxy) is 2. The van der Waals surface area contributed by atoms with Gasteiger partial charge in [0.1, 0.15) is 5.75 Å². The van der Waals surface area contributed by atoms with Crippen molar-refractivity contribution >= 4 is 11.8 Å². The quantitative estimate of drug-likeness (QED) is 0.465. The Labute approximate surface area is 105 Å². The molecule has 1 aliphatic rings. The summed E-state index contributed by atoms with van der Waals surface area (Å²) < 4.78 is 10.3. The lowest BCUT2D eigenvalue weighted by atomic mass is 9.92. The van der Waals surface area contributed by atoms with Crippen LogP contribution in [0.5, 0.6) is 5.75 Å². The maximum atomic E-state index is 12.4. The molecule has 0 saturated carbocycles. The first-order chi connectivity index (χ1) is 8.56. The second-order valence-electron chi connectivity index (χ2n) is 4.19. The van der Waals surface area contributed by atoms with Crippen molar-refractivity contribution in [3.05, 3.63) is 42.0 Å². The zero-order valence-corrected chi connectivity index (χ0v) is 10.4. The molecule has 1 atom stereocenters. The van der Waals surface area contributed by atoms with E-state index in [1.807, 2.05) is 13.0 Å². The van der Waals surface area contributed by atoms with E-state index in [-0.39, 0.29) is 12.2 Å². The van der Waals surface area contributed by atoms with Crippen molar-refractivity contribution in [1.82, 2.24) is 0 Å². The third-order valence-electron chi connectivity index (χ3n) is 3.05. The summed E-state index contributed by atoms with van der Waals surface area (Å²) in [5.74, 6) is -0.606. The van der Waals surface area contributed by atoms with Gasteiger partial charge in [0.15, 0.2) is 0 Å². The Hall–Kier alpha value is -2.10. The predicted octanol–water partition coefficient (Wildman–Crippen LogP) is 2.06. The van der Waals surface area contributed by atoms with Crippen LogP contribution in [0.4, 0.5) is 0 Å². The van der Waals surface area contributed by atoms with Gasteiger partial charge in [-0.25, -0.2) is 4.79 Å². The number of fused-ring (bicyclic) bond motifs is 1. The number of ketones is 1. The Morgan fingerprint density at radius 2 is 2.28 bits per heavy atom. The molecule has 1 aromatic carbocycles. The van der Waals surface area contributed by atoms with E-state index in [0.717, 1.165) is 5.56 Å². The van der Waals surface area contributed by atoms with Gasteiger partial charge in [0.05, 0.1) is 12.7 Å². The number of hydrogen-bond donors (Lipinski definition) is 0. The lowest BCUT2D eigenvalue weighted by Gasteiger charge is -2.22. The van der Waals surface area contributed by atoms with Crippen LogP contribution in [-0.4, -0.2) is 24.5 Å². The molecule has 4 nitrogen and oxygen atoms in total. The molecule has 0 aromatic heterocycles. The van der Waals surface area contributed by atoms with Gasteiger partial charge in [-0.3, -0.25) is 4.79 Å². The summed E-state index contributed by atoms with van der Waals surface area (Å²) in [6, 6.07) is 5.24. The molecule has 2 rings (SSSR count). The molecular formula is C14H14O4. The second-order valence-corrected chi connectivity index (χ2v) is 4.19. The number of methoxy groups -OCH3 is 1. The summed E-state index contributed by atoms with van der Waals surface area (Å²) in [4.78, 5) is 24.3.